The molecular weight excluding hydrogens is 290 g/mol. The van der Waals surface area contributed by atoms with Crippen LogP contribution in [0.1, 0.15) is 22.6 Å². The van der Waals surface area contributed by atoms with Crippen LogP contribution in [0, 0.1) is 6.92 Å². The molecule has 0 aliphatic carbocycles. The van der Waals surface area contributed by atoms with Gasteiger partial charge in [0.25, 0.3) is 5.91 Å². The quantitative estimate of drug-likeness (QED) is 0.901. The second-order valence-electron chi connectivity index (χ2n) is 5.50. The maximum Gasteiger partial charge on any atom is 0.256 e. The van der Waals surface area contributed by atoms with Crippen molar-refractivity contribution in [3.8, 4) is 0 Å². The Hall–Kier alpha value is -1.89. The number of rotatable bonds is 2. The van der Waals surface area contributed by atoms with E-state index in [1.807, 2.05) is 13.0 Å². The van der Waals surface area contributed by atoms with Crippen molar-refractivity contribution in [3.05, 3.63) is 29.6 Å². The van der Waals surface area contributed by atoms with Gasteiger partial charge in [-0.1, -0.05) is 6.07 Å². The van der Waals surface area contributed by atoms with Crippen LogP contribution in [0.15, 0.2) is 18.2 Å². The number of aromatic nitrogens is 2. The van der Waals surface area contributed by atoms with Crippen molar-refractivity contribution < 1.29 is 13.2 Å². The fourth-order valence-electron chi connectivity index (χ4n) is 2.76. The van der Waals surface area contributed by atoms with Gasteiger partial charge in [-0.15, -0.1) is 0 Å². The molecule has 112 valence electrons. The summed E-state index contributed by atoms with van der Waals surface area (Å²) in [6, 6.07) is 5.14. The molecule has 2 heterocycles. The Bertz CT molecular complexity index is 810. The van der Waals surface area contributed by atoms with Gasteiger partial charge >= 0.3 is 0 Å². The van der Waals surface area contributed by atoms with Crippen LogP contribution in [0.4, 0.5) is 0 Å². The SMILES string of the molecule is Cc1nc2c(C(=O)N(C)C3CCS(=O)(=O)C3)cccc2[nH]1. The summed E-state index contributed by atoms with van der Waals surface area (Å²) in [7, 11) is -1.35. The van der Waals surface area contributed by atoms with E-state index < -0.39 is 9.84 Å². The number of nitrogens with one attached hydrogen (secondary N) is 1. The number of carbonyl (C=O) groups excluding carboxylic acids is 1. The van der Waals surface area contributed by atoms with Gasteiger partial charge in [0.15, 0.2) is 9.84 Å². The van der Waals surface area contributed by atoms with E-state index in [0.29, 0.717) is 17.5 Å². The molecule has 1 saturated heterocycles. The molecule has 1 N–H and O–H groups in total. The second kappa shape index (κ2) is 4.84. The molecule has 0 radical (unpaired) electrons. The van der Waals surface area contributed by atoms with Crippen LogP contribution in [0.25, 0.3) is 11.0 Å². The summed E-state index contributed by atoms with van der Waals surface area (Å²) in [6.45, 7) is 1.83. The summed E-state index contributed by atoms with van der Waals surface area (Å²) in [5, 5.41) is 0. The highest BCUT2D eigenvalue weighted by Crippen LogP contribution is 2.22. The number of carbonyl (C=O) groups is 1. The Kier molecular flexibility index (Phi) is 3.24. The highest BCUT2D eigenvalue weighted by atomic mass is 32.2. The fourth-order valence-corrected chi connectivity index (χ4v) is 4.54. The van der Waals surface area contributed by atoms with Crippen LogP contribution in [0.3, 0.4) is 0 Å². The number of hydrogen-bond donors (Lipinski definition) is 1. The molecule has 0 spiro atoms. The van der Waals surface area contributed by atoms with E-state index in [0.717, 1.165) is 11.3 Å². The van der Waals surface area contributed by atoms with E-state index in [4.69, 9.17) is 0 Å². The summed E-state index contributed by atoms with van der Waals surface area (Å²) >= 11 is 0. The largest absolute Gasteiger partial charge is 0.342 e. The number of amides is 1. The van der Waals surface area contributed by atoms with Crippen molar-refractivity contribution in [1.82, 2.24) is 14.9 Å². The van der Waals surface area contributed by atoms with Gasteiger partial charge in [0.1, 0.15) is 11.3 Å². The van der Waals surface area contributed by atoms with Gasteiger partial charge in [0.2, 0.25) is 0 Å². The van der Waals surface area contributed by atoms with Crippen LogP contribution in [-0.4, -0.2) is 53.8 Å². The summed E-state index contributed by atoms with van der Waals surface area (Å²) in [4.78, 5) is 21.6. The van der Waals surface area contributed by atoms with Crippen molar-refractivity contribution in [1.29, 1.82) is 0 Å². The summed E-state index contributed by atoms with van der Waals surface area (Å²) < 4.78 is 23.1. The average molecular weight is 307 g/mol. The standard InChI is InChI=1S/C14H17N3O3S/c1-9-15-12-5-3-4-11(13(12)16-9)14(18)17(2)10-6-7-21(19,20)8-10/h3-5,10H,6-8H2,1-2H3,(H,15,16). The Morgan fingerprint density at radius 1 is 1.43 bits per heavy atom. The highest BCUT2D eigenvalue weighted by molar-refractivity contribution is 7.91. The first kappa shape index (κ1) is 14.1. The molecule has 1 atom stereocenters. The Morgan fingerprint density at radius 3 is 2.86 bits per heavy atom. The van der Waals surface area contributed by atoms with Gasteiger partial charge in [-0.05, 0) is 25.5 Å². The molecule has 1 aromatic carbocycles. The molecule has 3 rings (SSSR count). The van der Waals surface area contributed by atoms with Gasteiger partial charge in [0.05, 0.1) is 22.6 Å². The number of nitrogens with zero attached hydrogens (tertiary/aromatic N) is 2. The minimum absolute atomic E-state index is 0.0464. The molecule has 1 aliphatic rings. The zero-order valence-corrected chi connectivity index (χ0v) is 12.8. The lowest BCUT2D eigenvalue weighted by atomic mass is 10.1. The number of aryl methyl sites for hydroxylation is 1. The topological polar surface area (TPSA) is 83.1 Å². The number of imidazole rings is 1. The number of hydrogen-bond acceptors (Lipinski definition) is 4. The lowest BCUT2D eigenvalue weighted by Gasteiger charge is -2.23. The number of para-hydroxylation sites is 1. The predicted molar refractivity (Wildman–Crippen MR) is 80.0 cm³/mol. The van der Waals surface area contributed by atoms with E-state index in [1.54, 1.807) is 19.2 Å². The lowest BCUT2D eigenvalue weighted by Crippen LogP contribution is -2.37. The van der Waals surface area contributed by atoms with E-state index in [2.05, 4.69) is 9.97 Å². The first-order chi connectivity index (χ1) is 9.87. The number of benzene rings is 1. The van der Waals surface area contributed by atoms with Crippen LogP contribution >= 0.6 is 0 Å². The van der Waals surface area contributed by atoms with Crippen molar-refractivity contribution in [2.75, 3.05) is 18.6 Å². The zero-order chi connectivity index (χ0) is 15.2. The van der Waals surface area contributed by atoms with E-state index in [-0.39, 0.29) is 23.5 Å². The molecular formula is C14H17N3O3S. The maximum absolute atomic E-state index is 12.6. The molecule has 6 nitrogen and oxygen atoms in total. The fraction of sp³-hybridized carbons (Fsp3) is 0.429. The molecule has 0 bridgehead atoms. The summed E-state index contributed by atoms with van der Waals surface area (Å²) in [5.41, 5.74) is 1.95. The minimum atomic E-state index is -3.01. The van der Waals surface area contributed by atoms with Crippen LogP contribution < -0.4 is 0 Å². The smallest absolute Gasteiger partial charge is 0.256 e. The summed E-state index contributed by atoms with van der Waals surface area (Å²) in [5.74, 6) is 0.761. The number of aromatic amines is 1. The molecule has 1 amide bonds. The van der Waals surface area contributed by atoms with Crippen molar-refractivity contribution in [2.45, 2.75) is 19.4 Å². The normalized spacial score (nSPS) is 20.8. The highest BCUT2D eigenvalue weighted by Gasteiger charge is 2.33. The van der Waals surface area contributed by atoms with Gasteiger partial charge in [-0.2, -0.15) is 0 Å². The monoisotopic (exact) mass is 307 g/mol. The van der Waals surface area contributed by atoms with E-state index in [9.17, 15) is 13.2 Å². The molecule has 0 saturated carbocycles. The summed E-state index contributed by atoms with van der Waals surface area (Å²) in [6.07, 6.45) is 0.500. The Balaban J connectivity index is 1.93. The molecule has 1 fully saturated rings. The first-order valence-electron chi connectivity index (χ1n) is 6.80. The van der Waals surface area contributed by atoms with Crippen molar-refractivity contribution >= 4 is 26.8 Å². The third-order valence-electron chi connectivity index (χ3n) is 3.94. The van der Waals surface area contributed by atoms with Gasteiger partial charge in [-0.3, -0.25) is 4.79 Å². The van der Waals surface area contributed by atoms with Crippen LogP contribution in [0.2, 0.25) is 0 Å². The predicted octanol–water partition coefficient (Wildman–Crippen LogP) is 1.13. The van der Waals surface area contributed by atoms with Gasteiger partial charge in [0, 0.05) is 13.1 Å². The molecule has 2 aromatic rings. The second-order valence-corrected chi connectivity index (χ2v) is 7.73. The third-order valence-corrected chi connectivity index (χ3v) is 5.69. The van der Waals surface area contributed by atoms with Gasteiger partial charge < -0.3 is 9.88 Å². The molecule has 21 heavy (non-hydrogen) atoms. The van der Waals surface area contributed by atoms with Crippen molar-refractivity contribution in [3.63, 3.8) is 0 Å². The van der Waals surface area contributed by atoms with Crippen molar-refractivity contribution in [2.24, 2.45) is 0 Å². The number of fused-ring (bicyclic) bond motifs is 1. The molecule has 1 aromatic heterocycles. The van der Waals surface area contributed by atoms with Crippen LogP contribution in [-0.2, 0) is 9.84 Å². The third kappa shape index (κ3) is 2.53. The first-order valence-corrected chi connectivity index (χ1v) is 8.62. The maximum atomic E-state index is 12.6. The minimum Gasteiger partial charge on any atom is -0.342 e. The average Bonchev–Trinajstić information content (AvgIpc) is 2.98. The van der Waals surface area contributed by atoms with E-state index in [1.165, 1.54) is 4.90 Å². The lowest BCUT2D eigenvalue weighted by molar-refractivity contribution is 0.0749. The van der Waals surface area contributed by atoms with E-state index >= 15 is 0 Å². The molecule has 7 heteroatoms. The zero-order valence-electron chi connectivity index (χ0n) is 12.0. The van der Waals surface area contributed by atoms with Crippen LogP contribution in [0.5, 0.6) is 0 Å². The molecule has 1 unspecified atom stereocenters. The molecule has 1 aliphatic heterocycles. The van der Waals surface area contributed by atoms with Gasteiger partial charge in [-0.25, -0.2) is 13.4 Å². The number of sulfone groups is 1. The Morgan fingerprint density at radius 2 is 2.19 bits per heavy atom. The Labute approximate surface area is 123 Å². The number of H-pyrrole nitrogens is 1.